The Balaban J connectivity index is 2.17. The summed E-state index contributed by atoms with van der Waals surface area (Å²) in [6, 6.07) is 0. The molecule has 0 aliphatic rings. The molecule has 0 fully saturated rings. The molecule has 1 atom stereocenters. The van der Waals surface area contributed by atoms with E-state index in [0.717, 1.165) is 6.54 Å². The molecule has 0 bridgehead atoms. The van der Waals surface area contributed by atoms with Gasteiger partial charge in [0.1, 0.15) is 0 Å². The van der Waals surface area contributed by atoms with Crippen LogP contribution in [-0.2, 0) is 16.1 Å². The zero-order valence-electron chi connectivity index (χ0n) is 9.03. The molecule has 0 aliphatic carbocycles. The maximum absolute atomic E-state index is 11.3. The van der Waals surface area contributed by atoms with E-state index in [1.54, 1.807) is 16.8 Å². The van der Waals surface area contributed by atoms with Crippen molar-refractivity contribution in [1.29, 1.82) is 0 Å². The maximum Gasteiger partial charge on any atom is 0.309 e. The van der Waals surface area contributed by atoms with Crippen LogP contribution in [0.2, 0.25) is 0 Å². The number of rotatable bonds is 6. The molecule has 0 radical (unpaired) electrons. The first-order chi connectivity index (χ1) is 7.24. The number of hydrogen-bond acceptors (Lipinski definition) is 5. The molecule has 1 aromatic heterocycles. The summed E-state index contributed by atoms with van der Waals surface area (Å²) >= 11 is 1.60. The molecule has 84 valence electrons. The molecule has 5 heteroatoms. The van der Waals surface area contributed by atoms with Gasteiger partial charge in [0.25, 0.3) is 0 Å². The van der Waals surface area contributed by atoms with Crippen molar-refractivity contribution in [3.05, 3.63) is 16.6 Å². The van der Waals surface area contributed by atoms with Crippen LogP contribution in [0.1, 0.15) is 18.7 Å². The van der Waals surface area contributed by atoms with Crippen molar-refractivity contribution in [3.63, 3.8) is 0 Å². The fourth-order valence-electron chi connectivity index (χ4n) is 1.11. The van der Waals surface area contributed by atoms with Gasteiger partial charge in [-0.15, -0.1) is 11.3 Å². The molecule has 0 spiro atoms. The summed E-state index contributed by atoms with van der Waals surface area (Å²) in [5, 5.41) is 3.20. The quantitative estimate of drug-likeness (QED) is 0.748. The monoisotopic (exact) mass is 228 g/mol. The topological polar surface area (TPSA) is 51.2 Å². The maximum atomic E-state index is 11.3. The lowest BCUT2D eigenvalue weighted by molar-refractivity contribution is -0.147. The van der Waals surface area contributed by atoms with Crippen molar-refractivity contribution in [3.8, 4) is 0 Å². The van der Waals surface area contributed by atoms with Gasteiger partial charge in [0, 0.05) is 24.2 Å². The third-order valence-corrected chi connectivity index (χ3v) is 2.70. The van der Waals surface area contributed by atoms with Crippen molar-refractivity contribution in [2.45, 2.75) is 20.4 Å². The minimum atomic E-state index is -0.144. The largest absolute Gasteiger partial charge is 0.466 e. The van der Waals surface area contributed by atoms with E-state index in [9.17, 15) is 4.79 Å². The van der Waals surface area contributed by atoms with E-state index in [0.29, 0.717) is 13.2 Å². The van der Waals surface area contributed by atoms with Crippen LogP contribution in [0.3, 0.4) is 0 Å². The summed E-state index contributed by atoms with van der Waals surface area (Å²) in [6.07, 6.45) is 1.83. The highest BCUT2D eigenvalue weighted by Crippen LogP contribution is 2.04. The van der Waals surface area contributed by atoms with Crippen molar-refractivity contribution in [2.24, 2.45) is 5.92 Å². The second-order valence-corrected chi connectivity index (χ2v) is 4.22. The number of carbonyl (C=O) groups is 1. The molecule has 4 nitrogen and oxygen atoms in total. The molecule has 0 aliphatic heterocycles. The SMILES string of the molecule is CCOC(=O)C(C)CNCc1cncs1. The Kier molecular flexibility index (Phi) is 5.28. The minimum Gasteiger partial charge on any atom is -0.466 e. The molecule has 0 saturated heterocycles. The van der Waals surface area contributed by atoms with E-state index in [1.807, 2.05) is 20.0 Å². The van der Waals surface area contributed by atoms with Crippen LogP contribution in [-0.4, -0.2) is 24.1 Å². The van der Waals surface area contributed by atoms with E-state index >= 15 is 0 Å². The van der Waals surface area contributed by atoms with Gasteiger partial charge in [-0.25, -0.2) is 0 Å². The number of esters is 1. The van der Waals surface area contributed by atoms with Crippen LogP contribution in [0.25, 0.3) is 0 Å². The van der Waals surface area contributed by atoms with E-state index in [1.165, 1.54) is 4.88 Å². The number of aromatic nitrogens is 1. The minimum absolute atomic E-state index is 0.0992. The summed E-state index contributed by atoms with van der Waals surface area (Å²) < 4.78 is 4.90. The Morgan fingerprint density at radius 3 is 3.13 bits per heavy atom. The first-order valence-electron chi connectivity index (χ1n) is 4.98. The second kappa shape index (κ2) is 6.53. The second-order valence-electron chi connectivity index (χ2n) is 3.25. The van der Waals surface area contributed by atoms with Gasteiger partial charge < -0.3 is 10.1 Å². The number of nitrogens with one attached hydrogen (secondary N) is 1. The summed E-state index contributed by atoms with van der Waals surface area (Å²) in [5.41, 5.74) is 1.80. The smallest absolute Gasteiger partial charge is 0.309 e. The predicted molar refractivity (Wildman–Crippen MR) is 59.6 cm³/mol. The van der Waals surface area contributed by atoms with Crippen molar-refractivity contribution >= 4 is 17.3 Å². The zero-order valence-corrected chi connectivity index (χ0v) is 9.84. The standard InChI is InChI=1S/C10H16N2O2S/c1-3-14-10(13)8(2)4-11-5-9-6-12-7-15-9/h6-8,11H,3-5H2,1-2H3. The molecular formula is C10H16N2O2S. The van der Waals surface area contributed by atoms with Crippen LogP contribution >= 0.6 is 11.3 Å². The van der Waals surface area contributed by atoms with Gasteiger partial charge in [-0.2, -0.15) is 0 Å². The summed E-state index contributed by atoms with van der Waals surface area (Å²) in [7, 11) is 0. The van der Waals surface area contributed by atoms with Gasteiger partial charge in [0.2, 0.25) is 0 Å². The lowest BCUT2D eigenvalue weighted by Gasteiger charge is -2.10. The average Bonchev–Trinajstić information content (AvgIpc) is 2.71. The third kappa shape index (κ3) is 4.40. The van der Waals surface area contributed by atoms with E-state index in [-0.39, 0.29) is 11.9 Å². The van der Waals surface area contributed by atoms with Crippen molar-refractivity contribution < 1.29 is 9.53 Å². The first kappa shape index (κ1) is 12.1. The number of thiazole rings is 1. The normalized spacial score (nSPS) is 12.4. The molecule has 1 N–H and O–H groups in total. The fraction of sp³-hybridized carbons (Fsp3) is 0.600. The third-order valence-electron chi connectivity index (χ3n) is 1.92. The van der Waals surface area contributed by atoms with Crippen molar-refractivity contribution in [1.82, 2.24) is 10.3 Å². The van der Waals surface area contributed by atoms with E-state index < -0.39 is 0 Å². The van der Waals surface area contributed by atoms with Gasteiger partial charge in [-0.3, -0.25) is 9.78 Å². The lowest BCUT2D eigenvalue weighted by atomic mass is 10.2. The lowest BCUT2D eigenvalue weighted by Crippen LogP contribution is -2.27. The van der Waals surface area contributed by atoms with Gasteiger partial charge in [-0.1, -0.05) is 6.92 Å². The summed E-state index contributed by atoms with van der Waals surface area (Å²) in [6.45, 7) is 5.51. The Morgan fingerprint density at radius 2 is 2.53 bits per heavy atom. The van der Waals surface area contributed by atoms with Gasteiger partial charge in [0.05, 0.1) is 18.0 Å². The van der Waals surface area contributed by atoms with Gasteiger partial charge >= 0.3 is 5.97 Å². The van der Waals surface area contributed by atoms with Crippen LogP contribution < -0.4 is 5.32 Å². The molecule has 0 saturated carbocycles. The number of hydrogen-bond donors (Lipinski definition) is 1. The van der Waals surface area contributed by atoms with Gasteiger partial charge in [0.15, 0.2) is 0 Å². The predicted octanol–water partition coefficient (Wildman–Crippen LogP) is 1.43. The number of ether oxygens (including phenoxy) is 1. The summed E-state index contributed by atoms with van der Waals surface area (Å²) in [4.78, 5) is 16.4. The molecule has 0 aromatic carbocycles. The average molecular weight is 228 g/mol. The van der Waals surface area contributed by atoms with Crippen LogP contribution in [0.15, 0.2) is 11.7 Å². The molecule has 0 amide bonds. The Hall–Kier alpha value is -0.940. The van der Waals surface area contributed by atoms with E-state index in [2.05, 4.69) is 10.3 Å². The molecule has 1 rings (SSSR count). The van der Waals surface area contributed by atoms with Gasteiger partial charge in [-0.05, 0) is 6.92 Å². The zero-order chi connectivity index (χ0) is 11.1. The molecule has 1 heterocycles. The van der Waals surface area contributed by atoms with Crippen LogP contribution in [0.4, 0.5) is 0 Å². The molecular weight excluding hydrogens is 212 g/mol. The highest BCUT2D eigenvalue weighted by molar-refractivity contribution is 7.09. The highest BCUT2D eigenvalue weighted by atomic mass is 32.1. The van der Waals surface area contributed by atoms with E-state index in [4.69, 9.17) is 4.74 Å². The summed E-state index contributed by atoms with van der Waals surface area (Å²) in [5.74, 6) is -0.243. The Labute approximate surface area is 93.7 Å². The first-order valence-corrected chi connectivity index (χ1v) is 5.86. The highest BCUT2D eigenvalue weighted by Gasteiger charge is 2.12. The molecule has 15 heavy (non-hydrogen) atoms. The number of carbonyl (C=O) groups excluding carboxylic acids is 1. The Bertz CT molecular complexity index is 288. The van der Waals surface area contributed by atoms with Crippen molar-refractivity contribution in [2.75, 3.05) is 13.2 Å². The Morgan fingerprint density at radius 1 is 1.73 bits per heavy atom. The van der Waals surface area contributed by atoms with Crippen LogP contribution in [0.5, 0.6) is 0 Å². The molecule has 1 unspecified atom stereocenters. The fourth-order valence-corrected chi connectivity index (χ4v) is 1.67. The van der Waals surface area contributed by atoms with Crippen LogP contribution in [0, 0.1) is 5.92 Å². The number of nitrogens with zero attached hydrogens (tertiary/aromatic N) is 1. The molecule has 1 aromatic rings.